The van der Waals surface area contributed by atoms with Gasteiger partial charge in [-0.3, -0.25) is 14.9 Å². The molecular formula is C26H20ClFN2O5. The number of imide groups is 2. The van der Waals surface area contributed by atoms with Gasteiger partial charge in [-0.1, -0.05) is 35.9 Å². The van der Waals surface area contributed by atoms with E-state index in [1.807, 2.05) is 25.1 Å². The molecule has 3 aromatic carbocycles. The summed E-state index contributed by atoms with van der Waals surface area (Å²) in [5.74, 6) is -1.33. The molecule has 0 aliphatic carbocycles. The Morgan fingerprint density at radius 1 is 0.971 bits per heavy atom. The van der Waals surface area contributed by atoms with Crippen molar-refractivity contribution in [1.29, 1.82) is 0 Å². The van der Waals surface area contributed by atoms with Crippen LogP contribution in [0.2, 0.25) is 5.02 Å². The van der Waals surface area contributed by atoms with Crippen molar-refractivity contribution in [3.63, 3.8) is 0 Å². The number of nitrogens with one attached hydrogen (secondary N) is 1. The van der Waals surface area contributed by atoms with Crippen LogP contribution in [0.5, 0.6) is 11.5 Å². The number of carbonyl (C=O) groups is 3. The van der Waals surface area contributed by atoms with E-state index in [0.29, 0.717) is 28.7 Å². The van der Waals surface area contributed by atoms with Gasteiger partial charge in [-0.15, -0.1) is 0 Å². The second-order valence-corrected chi connectivity index (χ2v) is 7.86. The van der Waals surface area contributed by atoms with Crippen LogP contribution in [-0.4, -0.2) is 24.5 Å². The number of amides is 4. The maximum absolute atomic E-state index is 13.3. The molecule has 9 heteroatoms. The Labute approximate surface area is 205 Å². The van der Waals surface area contributed by atoms with Crippen molar-refractivity contribution in [2.45, 2.75) is 13.5 Å². The van der Waals surface area contributed by atoms with Gasteiger partial charge in [-0.2, -0.15) is 0 Å². The smallest absolute Gasteiger partial charge is 0.335 e. The number of anilines is 1. The first-order valence-corrected chi connectivity index (χ1v) is 11.0. The number of barbiturate groups is 1. The van der Waals surface area contributed by atoms with Gasteiger partial charge < -0.3 is 9.47 Å². The van der Waals surface area contributed by atoms with Crippen molar-refractivity contribution in [2.24, 2.45) is 0 Å². The van der Waals surface area contributed by atoms with E-state index in [1.54, 1.807) is 24.3 Å². The summed E-state index contributed by atoms with van der Waals surface area (Å²) in [6, 6.07) is 16.1. The van der Waals surface area contributed by atoms with Gasteiger partial charge in [-0.05, 0) is 61.0 Å². The van der Waals surface area contributed by atoms with Crippen molar-refractivity contribution >= 4 is 41.2 Å². The van der Waals surface area contributed by atoms with E-state index in [4.69, 9.17) is 21.1 Å². The molecule has 0 spiro atoms. The molecule has 1 fully saturated rings. The number of hydrogen-bond acceptors (Lipinski definition) is 5. The van der Waals surface area contributed by atoms with Crippen LogP contribution < -0.4 is 19.7 Å². The number of urea groups is 1. The monoisotopic (exact) mass is 494 g/mol. The Bertz CT molecular complexity index is 1320. The SMILES string of the molecule is CCOc1cc(/C=C2\C(=O)NC(=O)N(c3ccc(F)cc3)C2=O)ccc1OCc1ccccc1Cl. The third-order valence-corrected chi connectivity index (χ3v) is 5.47. The molecule has 35 heavy (non-hydrogen) atoms. The average molecular weight is 495 g/mol. The van der Waals surface area contributed by atoms with Crippen LogP contribution in [0.25, 0.3) is 6.08 Å². The Hall–Kier alpha value is -4.17. The summed E-state index contributed by atoms with van der Waals surface area (Å²) in [7, 11) is 0. The van der Waals surface area contributed by atoms with Gasteiger partial charge in [0, 0.05) is 10.6 Å². The van der Waals surface area contributed by atoms with Crippen LogP contribution in [0, 0.1) is 5.82 Å². The van der Waals surface area contributed by atoms with E-state index >= 15 is 0 Å². The van der Waals surface area contributed by atoms with Gasteiger partial charge in [0.2, 0.25) is 0 Å². The molecule has 0 aromatic heterocycles. The first-order valence-electron chi connectivity index (χ1n) is 10.7. The molecule has 1 heterocycles. The van der Waals surface area contributed by atoms with Crippen molar-refractivity contribution < 1.29 is 28.2 Å². The zero-order valence-corrected chi connectivity index (χ0v) is 19.3. The number of hydrogen-bond donors (Lipinski definition) is 1. The minimum Gasteiger partial charge on any atom is -0.490 e. The number of benzene rings is 3. The standard InChI is InChI=1S/C26H20ClFN2O5/c1-2-34-23-14-16(7-12-22(23)35-15-17-5-3-4-6-21(17)27)13-20-24(31)29-26(33)30(25(20)32)19-10-8-18(28)9-11-19/h3-14H,2,15H2,1H3,(H,29,31,33)/b20-13+. The quantitative estimate of drug-likeness (QED) is 0.364. The first kappa shape index (κ1) is 24.0. The first-order chi connectivity index (χ1) is 16.9. The molecule has 178 valence electrons. The second-order valence-electron chi connectivity index (χ2n) is 7.45. The highest BCUT2D eigenvalue weighted by Gasteiger charge is 2.36. The van der Waals surface area contributed by atoms with Crippen molar-refractivity contribution in [2.75, 3.05) is 11.5 Å². The third kappa shape index (κ3) is 5.33. The molecule has 1 aliphatic heterocycles. The molecule has 0 saturated carbocycles. The molecule has 4 amide bonds. The molecule has 4 rings (SSSR count). The predicted octanol–water partition coefficient (Wildman–Crippen LogP) is 5.12. The Morgan fingerprint density at radius 2 is 1.71 bits per heavy atom. The molecule has 0 bridgehead atoms. The number of carbonyl (C=O) groups excluding carboxylic acids is 3. The molecule has 0 radical (unpaired) electrons. The zero-order valence-electron chi connectivity index (χ0n) is 18.6. The summed E-state index contributed by atoms with van der Waals surface area (Å²) in [5.41, 5.74) is 1.15. The van der Waals surface area contributed by atoms with Crippen molar-refractivity contribution in [3.05, 3.63) is 94.3 Å². The lowest BCUT2D eigenvalue weighted by Crippen LogP contribution is -2.54. The van der Waals surface area contributed by atoms with Crippen LogP contribution in [0.3, 0.4) is 0 Å². The lowest BCUT2D eigenvalue weighted by Gasteiger charge is -2.26. The number of nitrogens with zero attached hydrogens (tertiary/aromatic N) is 1. The summed E-state index contributed by atoms with van der Waals surface area (Å²) in [5, 5.41) is 2.71. The maximum atomic E-state index is 13.3. The molecule has 7 nitrogen and oxygen atoms in total. The van der Waals surface area contributed by atoms with Crippen LogP contribution in [0.15, 0.2) is 72.3 Å². The largest absolute Gasteiger partial charge is 0.490 e. The Kier molecular flexibility index (Phi) is 7.12. The van der Waals surface area contributed by atoms with Gasteiger partial charge >= 0.3 is 6.03 Å². The highest BCUT2D eigenvalue weighted by molar-refractivity contribution is 6.39. The molecule has 0 atom stereocenters. The lowest BCUT2D eigenvalue weighted by molar-refractivity contribution is -0.122. The van der Waals surface area contributed by atoms with E-state index in [0.717, 1.165) is 22.6 Å². The average Bonchev–Trinajstić information content (AvgIpc) is 2.83. The van der Waals surface area contributed by atoms with Gasteiger partial charge in [0.1, 0.15) is 18.0 Å². The topological polar surface area (TPSA) is 84.9 Å². The van der Waals surface area contributed by atoms with Gasteiger partial charge in [0.15, 0.2) is 11.5 Å². The van der Waals surface area contributed by atoms with Crippen molar-refractivity contribution in [1.82, 2.24) is 5.32 Å². The lowest BCUT2D eigenvalue weighted by atomic mass is 10.1. The Morgan fingerprint density at radius 3 is 2.43 bits per heavy atom. The van der Waals surface area contributed by atoms with Crippen LogP contribution in [0.4, 0.5) is 14.9 Å². The fourth-order valence-corrected chi connectivity index (χ4v) is 3.61. The summed E-state index contributed by atoms with van der Waals surface area (Å²) in [6.45, 7) is 2.39. The second kappa shape index (κ2) is 10.4. The summed E-state index contributed by atoms with van der Waals surface area (Å²) < 4.78 is 24.8. The highest BCUT2D eigenvalue weighted by Crippen LogP contribution is 2.31. The van der Waals surface area contributed by atoms with E-state index in [9.17, 15) is 18.8 Å². The minimum atomic E-state index is -0.915. The fraction of sp³-hybridized carbons (Fsp3) is 0.115. The molecule has 1 N–H and O–H groups in total. The van der Waals surface area contributed by atoms with E-state index in [2.05, 4.69) is 5.32 Å². The molecule has 1 aliphatic rings. The van der Waals surface area contributed by atoms with E-state index in [1.165, 1.54) is 18.2 Å². The maximum Gasteiger partial charge on any atom is 0.335 e. The molecule has 3 aromatic rings. The summed E-state index contributed by atoms with van der Waals surface area (Å²) in [4.78, 5) is 38.5. The Balaban J connectivity index is 1.61. The van der Waals surface area contributed by atoms with E-state index < -0.39 is 23.7 Å². The third-order valence-electron chi connectivity index (χ3n) is 5.11. The van der Waals surface area contributed by atoms with Crippen LogP contribution >= 0.6 is 11.6 Å². The molecular weight excluding hydrogens is 475 g/mol. The van der Waals surface area contributed by atoms with Crippen LogP contribution in [-0.2, 0) is 16.2 Å². The van der Waals surface area contributed by atoms with E-state index in [-0.39, 0.29) is 17.9 Å². The molecule has 0 unspecified atom stereocenters. The predicted molar refractivity (Wildman–Crippen MR) is 129 cm³/mol. The molecule has 1 saturated heterocycles. The zero-order chi connectivity index (χ0) is 24.9. The number of halogens is 2. The highest BCUT2D eigenvalue weighted by atomic mass is 35.5. The minimum absolute atomic E-state index is 0.130. The van der Waals surface area contributed by atoms with Crippen LogP contribution in [0.1, 0.15) is 18.1 Å². The van der Waals surface area contributed by atoms with Gasteiger partial charge in [0.25, 0.3) is 11.8 Å². The fourth-order valence-electron chi connectivity index (χ4n) is 3.42. The van der Waals surface area contributed by atoms with Crippen molar-refractivity contribution in [3.8, 4) is 11.5 Å². The number of ether oxygens (including phenoxy) is 2. The van der Waals surface area contributed by atoms with Gasteiger partial charge in [-0.25, -0.2) is 14.1 Å². The normalized spacial score (nSPS) is 14.8. The summed E-state index contributed by atoms with van der Waals surface area (Å²) in [6.07, 6.45) is 1.35. The summed E-state index contributed by atoms with van der Waals surface area (Å²) >= 11 is 6.19. The van der Waals surface area contributed by atoms with Gasteiger partial charge in [0.05, 0.1) is 12.3 Å². The number of rotatable bonds is 7.